The molecule has 25 heavy (non-hydrogen) atoms. The van der Waals surface area contributed by atoms with Gasteiger partial charge in [0, 0.05) is 51.1 Å². The van der Waals surface area contributed by atoms with Crippen LogP contribution in [0.4, 0.5) is 11.8 Å². The van der Waals surface area contributed by atoms with Crippen LogP contribution in [0.5, 0.6) is 0 Å². The maximum absolute atomic E-state index is 12.7. The van der Waals surface area contributed by atoms with Gasteiger partial charge in [0.25, 0.3) is 5.91 Å². The first kappa shape index (κ1) is 17.1. The quantitative estimate of drug-likeness (QED) is 0.898. The molecule has 1 amide bonds. The summed E-state index contributed by atoms with van der Waals surface area (Å²) in [6, 6.07) is 0.256. The standard InChI is InChI=1S/C17H23N7O/c1-11(2)20-17-21-13-5-8-24(10-12(13)15(22-17)23(3)4)16(25)14-9-18-6-7-19-14/h6-7,9,11H,5,8,10H2,1-4H3,(H,20,21,22). The number of hydrogen-bond acceptors (Lipinski definition) is 7. The molecule has 132 valence electrons. The predicted octanol–water partition coefficient (Wildman–Crippen LogP) is 1.35. The van der Waals surface area contributed by atoms with Crippen LogP contribution in [-0.2, 0) is 13.0 Å². The van der Waals surface area contributed by atoms with Crippen LogP contribution < -0.4 is 10.2 Å². The van der Waals surface area contributed by atoms with Crippen molar-refractivity contribution >= 4 is 17.7 Å². The van der Waals surface area contributed by atoms with E-state index in [1.54, 1.807) is 11.1 Å². The Labute approximate surface area is 147 Å². The minimum atomic E-state index is -0.118. The molecule has 0 spiro atoms. The van der Waals surface area contributed by atoms with Crippen LogP contribution in [0.15, 0.2) is 18.6 Å². The summed E-state index contributed by atoms with van der Waals surface area (Å²) in [7, 11) is 3.90. The number of nitrogens with one attached hydrogen (secondary N) is 1. The van der Waals surface area contributed by atoms with Crippen LogP contribution in [0.3, 0.4) is 0 Å². The highest BCUT2D eigenvalue weighted by atomic mass is 16.2. The fourth-order valence-electron chi connectivity index (χ4n) is 2.83. The SMILES string of the molecule is CC(C)Nc1nc2c(c(N(C)C)n1)CN(C(=O)c1cnccn1)CC2. The topological polar surface area (TPSA) is 87.1 Å². The van der Waals surface area contributed by atoms with E-state index in [-0.39, 0.29) is 11.9 Å². The van der Waals surface area contributed by atoms with Crippen molar-refractivity contribution in [1.82, 2.24) is 24.8 Å². The lowest BCUT2D eigenvalue weighted by molar-refractivity contribution is 0.0727. The molecular formula is C17H23N7O. The number of hydrogen-bond donors (Lipinski definition) is 1. The number of carbonyl (C=O) groups is 1. The lowest BCUT2D eigenvalue weighted by atomic mass is 10.1. The van der Waals surface area contributed by atoms with Gasteiger partial charge in [0.1, 0.15) is 11.5 Å². The van der Waals surface area contributed by atoms with Crippen molar-refractivity contribution in [3.05, 3.63) is 35.5 Å². The first-order valence-electron chi connectivity index (χ1n) is 8.34. The molecule has 0 saturated heterocycles. The summed E-state index contributed by atoms with van der Waals surface area (Å²) in [5.41, 5.74) is 2.34. The second kappa shape index (κ2) is 7.00. The monoisotopic (exact) mass is 341 g/mol. The summed E-state index contributed by atoms with van der Waals surface area (Å²) >= 11 is 0. The fourth-order valence-corrected chi connectivity index (χ4v) is 2.83. The number of fused-ring (bicyclic) bond motifs is 1. The molecule has 0 saturated carbocycles. The van der Waals surface area contributed by atoms with E-state index in [1.807, 2.05) is 19.0 Å². The molecule has 1 aliphatic rings. The van der Waals surface area contributed by atoms with Gasteiger partial charge in [-0.2, -0.15) is 4.98 Å². The minimum absolute atomic E-state index is 0.118. The zero-order valence-electron chi connectivity index (χ0n) is 15.0. The number of rotatable bonds is 4. The number of nitrogens with zero attached hydrogens (tertiary/aromatic N) is 6. The Hall–Kier alpha value is -2.77. The second-order valence-electron chi connectivity index (χ2n) is 6.56. The molecule has 3 heterocycles. The van der Waals surface area contributed by atoms with Gasteiger partial charge in [-0.25, -0.2) is 9.97 Å². The average Bonchev–Trinajstić information content (AvgIpc) is 2.60. The molecular weight excluding hydrogens is 318 g/mol. The number of aromatic nitrogens is 4. The van der Waals surface area contributed by atoms with Crippen LogP contribution >= 0.6 is 0 Å². The normalized spacial score (nSPS) is 13.6. The summed E-state index contributed by atoms with van der Waals surface area (Å²) in [6.07, 6.45) is 5.28. The Balaban J connectivity index is 1.90. The van der Waals surface area contributed by atoms with E-state index in [4.69, 9.17) is 0 Å². The van der Waals surface area contributed by atoms with E-state index in [1.165, 1.54) is 12.4 Å². The molecule has 0 aromatic carbocycles. The maximum atomic E-state index is 12.7. The van der Waals surface area contributed by atoms with E-state index in [0.717, 1.165) is 17.1 Å². The zero-order chi connectivity index (χ0) is 18.0. The predicted molar refractivity (Wildman–Crippen MR) is 95.6 cm³/mol. The third kappa shape index (κ3) is 3.67. The molecule has 0 unspecified atom stereocenters. The van der Waals surface area contributed by atoms with Crippen molar-refractivity contribution in [2.24, 2.45) is 0 Å². The van der Waals surface area contributed by atoms with E-state index in [0.29, 0.717) is 31.2 Å². The number of amides is 1. The van der Waals surface area contributed by atoms with Gasteiger partial charge < -0.3 is 15.1 Å². The molecule has 2 aromatic rings. The molecule has 3 rings (SSSR count). The van der Waals surface area contributed by atoms with Crippen molar-refractivity contribution in [2.45, 2.75) is 32.9 Å². The van der Waals surface area contributed by atoms with E-state index < -0.39 is 0 Å². The molecule has 8 heteroatoms. The van der Waals surface area contributed by atoms with Crippen LogP contribution in [0.25, 0.3) is 0 Å². The highest BCUT2D eigenvalue weighted by Gasteiger charge is 2.27. The molecule has 0 radical (unpaired) electrons. The lowest BCUT2D eigenvalue weighted by Gasteiger charge is -2.31. The third-order valence-corrected chi connectivity index (χ3v) is 3.95. The summed E-state index contributed by atoms with van der Waals surface area (Å²) in [6.45, 7) is 5.19. The van der Waals surface area contributed by atoms with Gasteiger partial charge in [0.2, 0.25) is 5.95 Å². The smallest absolute Gasteiger partial charge is 0.274 e. The largest absolute Gasteiger partial charge is 0.362 e. The first-order valence-corrected chi connectivity index (χ1v) is 8.34. The maximum Gasteiger partial charge on any atom is 0.274 e. The zero-order valence-corrected chi connectivity index (χ0v) is 15.0. The third-order valence-electron chi connectivity index (χ3n) is 3.95. The molecule has 0 bridgehead atoms. The Morgan fingerprint density at radius 3 is 2.72 bits per heavy atom. The summed E-state index contributed by atoms with van der Waals surface area (Å²) in [4.78, 5) is 33.8. The van der Waals surface area contributed by atoms with Gasteiger partial charge in [-0.1, -0.05) is 0 Å². The van der Waals surface area contributed by atoms with Crippen LogP contribution in [-0.4, -0.2) is 57.4 Å². The van der Waals surface area contributed by atoms with E-state index in [2.05, 4.69) is 39.1 Å². The van der Waals surface area contributed by atoms with Crippen LogP contribution in [0, 0.1) is 0 Å². The van der Waals surface area contributed by atoms with Crippen molar-refractivity contribution < 1.29 is 4.79 Å². The van der Waals surface area contributed by atoms with E-state index in [9.17, 15) is 4.79 Å². The first-order chi connectivity index (χ1) is 12.0. The van der Waals surface area contributed by atoms with Crippen LogP contribution in [0.1, 0.15) is 35.6 Å². The summed E-state index contributed by atoms with van der Waals surface area (Å²) < 4.78 is 0. The van der Waals surface area contributed by atoms with Gasteiger partial charge in [-0.15, -0.1) is 0 Å². The number of carbonyl (C=O) groups excluding carboxylic acids is 1. The lowest BCUT2D eigenvalue weighted by Crippen LogP contribution is -2.38. The van der Waals surface area contributed by atoms with Crippen molar-refractivity contribution in [1.29, 1.82) is 0 Å². The van der Waals surface area contributed by atoms with Crippen molar-refractivity contribution in [3.63, 3.8) is 0 Å². The van der Waals surface area contributed by atoms with Gasteiger partial charge in [-0.05, 0) is 13.8 Å². The molecule has 0 fully saturated rings. The fraction of sp³-hybridized carbons (Fsp3) is 0.471. The molecule has 8 nitrogen and oxygen atoms in total. The summed E-state index contributed by atoms with van der Waals surface area (Å²) in [5, 5.41) is 3.26. The molecule has 0 aliphatic carbocycles. The Bertz CT molecular complexity index is 761. The van der Waals surface area contributed by atoms with E-state index >= 15 is 0 Å². The Morgan fingerprint density at radius 1 is 1.28 bits per heavy atom. The van der Waals surface area contributed by atoms with Gasteiger partial charge in [-0.3, -0.25) is 9.78 Å². The molecule has 2 aromatic heterocycles. The highest BCUT2D eigenvalue weighted by molar-refractivity contribution is 5.92. The number of anilines is 2. The Kier molecular flexibility index (Phi) is 4.78. The summed E-state index contributed by atoms with van der Waals surface area (Å²) in [5.74, 6) is 1.35. The molecule has 0 atom stereocenters. The Morgan fingerprint density at radius 2 is 2.08 bits per heavy atom. The highest BCUT2D eigenvalue weighted by Crippen LogP contribution is 2.27. The van der Waals surface area contributed by atoms with Gasteiger partial charge >= 0.3 is 0 Å². The molecule has 1 N–H and O–H groups in total. The second-order valence-corrected chi connectivity index (χ2v) is 6.56. The average molecular weight is 341 g/mol. The van der Waals surface area contributed by atoms with Crippen molar-refractivity contribution in [2.75, 3.05) is 30.9 Å². The van der Waals surface area contributed by atoms with Crippen molar-refractivity contribution in [3.8, 4) is 0 Å². The minimum Gasteiger partial charge on any atom is -0.362 e. The van der Waals surface area contributed by atoms with Gasteiger partial charge in [0.15, 0.2) is 0 Å². The molecule has 1 aliphatic heterocycles. The van der Waals surface area contributed by atoms with Gasteiger partial charge in [0.05, 0.1) is 18.4 Å². The van der Waals surface area contributed by atoms with Crippen LogP contribution in [0.2, 0.25) is 0 Å².